The number of rotatable bonds is 6. The van der Waals surface area contributed by atoms with E-state index in [0.717, 1.165) is 28.7 Å². The molecule has 10 aromatic rings. The Morgan fingerprint density at radius 3 is 1.62 bits per heavy atom. The first kappa shape index (κ1) is 43.9. The molecule has 2 aromatic heterocycles. The highest BCUT2D eigenvalue weighted by Gasteiger charge is 2.60. The molecule has 4 heterocycles. The van der Waals surface area contributed by atoms with Gasteiger partial charge in [-0.1, -0.05) is 173 Å². The molecular formula is C70H62N3O+. The molecule has 0 saturated heterocycles. The van der Waals surface area contributed by atoms with E-state index in [-0.39, 0.29) is 21.9 Å². The van der Waals surface area contributed by atoms with E-state index in [0.29, 0.717) is 0 Å². The van der Waals surface area contributed by atoms with Crippen molar-refractivity contribution in [1.29, 1.82) is 0 Å². The lowest BCUT2D eigenvalue weighted by molar-refractivity contribution is -0.593. The summed E-state index contributed by atoms with van der Waals surface area (Å²) in [6.45, 7) is 10.1. The van der Waals surface area contributed by atoms with Gasteiger partial charge in [-0.05, 0) is 144 Å². The smallest absolute Gasteiger partial charge is 0.254 e. The van der Waals surface area contributed by atoms with Gasteiger partial charge in [0.1, 0.15) is 11.3 Å². The van der Waals surface area contributed by atoms with Crippen molar-refractivity contribution in [2.45, 2.75) is 106 Å². The van der Waals surface area contributed by atoms with E-state index in [2.05, 4.69) is 249 Å². The van der Waals surface area contributed by atoms with E-state index in [9.17, 15) is 0 Å². The maximum Gasteiger partial charge on any atom is 0.254 e. The molecule has 2 aliphatic heterocycles. The number of nitrogens with zero attached hydrogens (tertiary/aromatic N) is 3. The van der Waals surface area contributed by atoms with Crippen molar-refractivity contribution in [3.63, 3.8) is 0 Å². The van der Waals surface area contributed by atoms with Crippen molar-refractivity contribution in [2.24, 2.45) is 0 Å². The lowest BCUT2D eigenvalue weighted by Crippen LogP contribution is -2.54. The molecule has 4 heteroatoms. The molecule has 4 nitrogen and oxygen atoms in total. The molecule has 0 amide bonds. The number of furan rings is 1. The molecule has 2 fully saturated rings. The van der Waals surface area contributed by atoms with Crippen LogP contribution in [0.5, 0.6) is 0 Å². The lowest BCUT2D eigenvalue weighted by Gasteiger charge is -2.50. The largest absolute Gasteiger partial charge is 0.449 e. The first-order chi connectivity index (χ1) is 36.2. The summed E-state index contributed by atoms with van der Waals surface area (Å²) in [6.07, 6.45) is 14.4. The fraction of sp³-hybridized carbons (Fsp3) is 0.243. The molecule has 362 valence electrons. The van der Waals surface area contributed by atoms with Crippen molar-refractivity contribution >= 4 is 44.7 Å². The highest BCUT2D eigenvalue weighted by atomic mass is 16.3. The summed E-state index contributed by atoms with van der Waals surface area (Å²) in [6, 6.07) is 73.4. The molecule has 5 aliphatic rings. The van der Waals surface area contributed by atoms with Gasteiger partial charge in [0.2, 0.25) is 5.58 Å². The molecule has 74 heavy (non-hydrogen) atoms. The lowest BCUT2D eigenvalue weighted by atomic mass is 9.61. The van der Waals surface area contributed by atoms with Crippen LogP contribution in [0.25, 0.3) is 49.9 Å². The van der Waals surface area contributed by atoms with Gasteiger partial charge in [-0.2, -0.15) is 4.57 Å². The zero-order valence-electron chi connectivity index (χ0n) is 43.0. The molecule has 3 aliphatic carbocycles. The number of aromatic nitrogens is 1. The monoisotopic (exact) mass is 960 g/mol. The van der Waals surface area contributed by atoms with Crippen LogP contribution in [0.15, 0.2) is 211 Å². The number of hydrogen-bond donors (Lipinski definition) is 0. The van der Waals surface area contributed by atoms with Crippen LogP contribution in [-0.2, 0) is 16.2 Å². The van der Waals surface area contributed by atoms with Gasteiger partial charge in [0.15, 0.2) is 12.4 Å². The van der Waals surface area contributed by atoms with Crippen LogP contribution in [0.4, 0.5) is 22.7 Å². The number of hydrogen-bond acceptors (Lipinski definition) is 3. The van der Waals surface area contributed by atoms with Gasteiger partial charge in [0.25, 0.3) is 5.69 Å². The number of fused-ring (bicyclic) bond motifs is 13. The Morgan fingerprint density at radius 2 is 0.986 bits per heavy atom. The van der Waals surface area contributed by atoms with E-state index < -0.39 is 5.41 Å². The van der Waals surface area contributed by atoms with Crippen molar-refractivity contribution < 1.29 is 8.98 Å². The van der Waals surface area contributed by atoms with Crippen LogP contribution in [0.2, 0.25) is 0 Å². The second kappa shape index (κ2) is 15.7. The van der Waals surface area contributed by atoms with Crippen LogP contribution in [0.1, 0.15) is 112 Å². The van der Waals surface area contributed by atoms with Crippen LogP contribution >= 0.6 is 0 Å². The molecule has 0 N–H and O–H groups in total. The first-order valence-corrected chi connectivity index (χ1v) is 27.3. The van der Waals surface area contributed by atoms with Crippen molar-refractivity contribution in [1.82, 2.24) is 0 Å². The van der Waals surface area contributed by atoms with Gasteiger partial charge < -0.3 is 14.2 Å². The van der Waals surface area contributed by atoms with Crippen LogP contribution in [-0.4, -0.2) is 11.1 Å². The van der Waals surface area contributed by atoms with Gasteiger partial charge in [0.05, 0.1) is 16.5 Å². The zero-order chi connectivity index (χ0) is 49.6. The Labute approximate surface area is 435 Å². The summed E-state index contributed by atoms with van der Waals surface area (Å²) in [4.78, 5) is 5.37. The van der Waals surface area contributed by atoms with Gasteiger partial charge >= 0.3 is 0 Å². The minimum Gasteiger partial charge on any atom is -0.449 e. The third-order valence-electron chi connectivity index (χ3n) is 19.9. The quantitative estimate of drug-likeness (QED) is 0.155. The van der Waals surface area contributed by atoms with Gasteiger partial charge in [0, 0.05) is 50.8 Å². The van der Waals surface area contributed by atoms with E-state index >= 15 is 0 Å². The molecule has 15 rings (SSSR count). The molecule has 0 spiro atoms. The SMILES string of the molecule is CC12CCCCC1(C)N(c1ccccc1)c1c[n+](-c3cc4c(c5c3oc3ccccc35)-c3ccc(-c5ccc6c(c5)C5(C)CCCCC5(C)N6c5ccccc5)cc3C4(c3ccccc3)c3ccccc3)ccc12. The predicted molar refractivity (Wildman–Crippen MR) is 304 cm³/mol. The maximum atomic E-state index is 7.22. The molecule has 0 bridgehead atoms. The van der Waals surface area contributed by atoms with E-state index in [1.54, 1.807) is 0 Å². The standard InChI is InChI=1S/C70H62N3O/c1-66-38-19-21-40-68(66,3)73(52-29-15-8-16-30-52)61-46-71(42-37-55(61)66)60-45-58-63(64-54-31-17-18-32-62(54)74-65(60)64)53-35-33-47(43-56(53)70(58,49-23-9-5-10-24-49)50-25-11-6-12-26-50)48-34-36-59-57(44-48)67(2)39-20-22-41-69(67,4)72(59)51-27-13-7-14-28-51/h5-18,23-37,42-46H,19-22,38-41H2,1-4H3/q+1. The minimum atomic E-state index is -0.664. The number of benzene rings is 8. The molecule has 2 saturated carbocycles. The Kier molecular flexibility index (Phi) is 9.28. The van der Waals surface area contributed by atoms with Crippen molar-refractivity contribution in [3.05, 3.63) is 240 Å². The highest BCUT2D eigenvalue weighted by Crippen LogP contribution is 2.64. The van der Waals surface area contributed by atoms with Crippen molar-refractivity contribution in [2.75, 3.05) is 9.80 Å². The number of para-hydroxylation sites is 3. The summed E-state index contributed by atoms with van der Waals surface area (Å²) < 4.78 is 9.61. The molecular weight excluding hydrogens is 899 g/mol. The van der Waals surface area contributed by atoms with E-state index in [4.69, 9.17) is 4.42 Å². The molecule has 4 unspecified atom stereocenters. The molecule has 8 aromatic carbocycles. The average Bonchev–Trinajstić information content (AvgIpc) is 4.27. The average molecular weight is 961 g/mol. The Morgan fingerprint density at radius 1 is 0.459 bits per heavy atom. The van der Waals surface area contributed by atoms with Crippen LogP contribution in [0.3, 0.4) is 0 Å². The zero-order valence-corrected chi connectivity index (χ0v) is 43.0. The van der Waals surface area contributed by atoms with E-state index in [1.165, 1.54) is 129 Å². The number of pyridine rings is 1. The second-order valence-corrected chi connectivity index (χ2v) is 23.2. The minimum absolute atomic E-state index is 0.00235. The fourth-order valence-electron chi connectivity index (χ4n) is 15.9. The Bertz CT molecular complexity index is 3840. The maximum absolute atomic E-state index is 7.22. The normalized spacial score (nSPS) is 24.1. The van der Waals surface area contributed by atoms with Gasteiger partial charge in [-0.25, -0.2) is 0 Å². The topological polar surface area (TPSA) is 23.5 Å². The third kappa shape index (κ3) is 5.61. The predicted octanol–water partition coefficient (Wildman–Crippen LogP) is 17.4. The Balaban J connectivity index is 0.993. The highest BCUT2D eigenvalue weighted by molar-refractivity contribution is 6.17. The summed E-state index contributed by atoms with van der Waals surface area (Å²) in [7, 11) is 0. The fourth-order valence-corrected chi connectivity index (χ4v) is 15.9. The first-order valence-electron chi connectivity index (χ1n) is 27.3. The van der Waals surface area contributed by atoms with Crippen LogP contribution in [0, 0.1) is 0 Å². The summed E-state index contributed by atoms with van der Waals surface area (Å²) in [5, 5.41) is 2.30. The molecule has 4 atom stereocenters. The summed E-state index contributed by atoms with van der Waals surface area (Å²) in [5.41, 5.74) is 20.3. The summed E-state index contributed by atoms with van der Waals surface area (Å²) >= 11 is 0. The Hall–Kier alpha value is -7.69. The van der Waals surface area contributed by atoms with Gasteiger partial charge in [-0.15, -0.1) is 0 Å². The second-order valence-electron chi connectivity index (χ2n) is 23.2. The van der Waals surface area contributed by atoms with Gasteiger partial charge in [-0.3, -0.25) is 0 Å². The third-order valence-corrected chi connectivity index (χ3v) is 19.9. The summed E-state index contributed by atoms with van der Waals surface area (Å²) in [5.74, 6) is 0. The van der Waals surface area contributed by atoms with E-state index in [1.807, 2.05) is 0 Å². The van der Waals surface area contributed by atoms with Crippen LogP contribution < -0.4 is 14.4 Å². The number of anilines is 4. The molecule has 0 radical (unpaired) electrons. The van der Waals surface area contributed by atoms with Crippen molar-refractivity contribution in [3.8, 4) is 27.9 Å².